The van der Waals surface area contributed by atoms with Gasteiger partial charge in [-0.2, -0.15) is 0 Å². The molecule has 0 spiro atoms. The lowest BCUT2D eigenvalue weighted by atomic mass is 9.90. The molecule has 0 aliphatic carbocycles. The molecule has 2 nitrogen and oxygen atoms in total. The van der Waals surface area contributed by atoms with E-state index in [1.54, 1.807) is 0 Å². The minimum atomic E-state index is 0.953. The number of nitrogens with one attached hydrogen (secondary N) is 1. The molecule has 0 saturated heterocycles. The zero-order chi connectivity index (χ0) is 29.0. The molecule has 4 heteroatoms. The van der Waals surface area contributed by atoms with E-state index in [2.05, 4.69) is 148 Å². The van der Waals surface area contributed by atoms with Gasteiger partial charge in [0.2, 0.25) is 0 Å². The number of H-pyrrole nitrogens is 1. The lowest BCUT2D eigenvalue weighted by Crippen LogP contribution is -2.04. The number of hydrogen-bond acceptors (Lipinski definition) is 1. The van der Waals surface area contributed by atoms with E-state index in [9.17, 15) is 0 Å². The van der Waals surface area contributed by atoms with E-state index in [0.717, 1.165) is 37.3 Å². The molecule has 2 heterocycles. The predicted octanol–water partition coefficient (Wildman–Crippen LogP) is 10.8. The van der Waals surface area contributed by atoms with Crippen LogP contribution in [0.3, 0.4) is 0 Å². The van der Waals surface area contributed by atoms with Gasteiger partial charge in [-0.15, -0.1) is 0 Å². The average Bonchev–Trinajstić information content (AvgIpc) is 3.37. The number of aliphatic imine (C=N–C) groups is 1. The first-order valence-corrected chi connectivity index (χ1v) is 15.3. The molecule has 4 aromatic rings. The van der Waals surface area contributed by atoms with Crippen LogP contribution in [0.15, 0.2) is 68.2 Å². The van der Waals surface area contributed by atoms with Crippen LogP contribution < -0.4 is 0 Å². The Hall–Kier alpha value is -2.95. The molecule has 1 N–H and O–H groups in total. The van der Waals surface area contributed by atoms with Crippen molar-refractivity contribution >= 4 is 43.1 Å². The maximum atomic E-state index is 5.33. The molecule has 3 aromatic carbocycles. The molecule has 1 aliphatic rings. The number of aryl methyl sites for hydroxylation is 9. The van der Waals surface area contributed by atoms with Crippen molar-refractivity contribution in [2.45, 2.75) is 62.3 Å². The summed E-state index contributed by atoms with van der Waals surface area (Å²) in [5.41, 5.74) is 20.1. The first kappa shape index (κ1) is 28.6. The summed E-state index contributed by atoms with van der Waals surface area (Å²) in [7, 11) is 0. The summed E-state index contributed by atoms with van der Waals surface area (Å²) in [5.74, 6) is 0. The third-order valence-corrected chi connectivity index (χ3v) is 9.01. The van der Waals surface area contributed by atoms with Gasteiger partial charge in [0.25, 0.3) is 0 Å². The quantitative estimate of drug-likeness (QED) is 0.227. The van der Waals surface area contributed by atoms with Crippen LogP contribution in [0, 0.1) is 62.3 Å². The average molecular weight is 657 g/mol. The van der Waals surface area contributed by atoms with Crippen molar-refractivity contribution in [2.75, 3.05) is 0 Å². The number of aromatic amines is 1. The van der Waals surface area contributed by atoms with Gasteiger partial charge in [0.1, 0.15) is 0 Å². The van der Waals surface area contributed by atoms with E-state index in [4.69, 9.17) is 4.99 Å². The number of aromatic nitrogens is 1. The molecule has 204 valence electrons. The summed E-state index contributed by atoms with van der Waals surface area (Å²) < 4.78 is 2.06. The highest BCUT2D eigenvalue weighted by atomic mass is 79.9. The Morgan fingerprint density at radius 1 is 0.600 bits per heavy atom. The van der Waals surface area contributed by atoms with Gasteiger partial charge in [0.15, 0.2) is 0 Å². The number of halogens is 2. The molecule has 1 aliphatic heterocycles. The first-order chi connectivity index (χ1) is 18.8. The molecule has 0 amide bonds. The van der Waals surface area contributed by atoms with Crippen molar-refractivity contribution in [3.05, 3.63) is 130 Å². The van der Waals surface area contributed by atoms with Gasteiger partial charge in [0.05, 0.1) is 17.1 Å². The lowest BCUT2D eigenvalue weighted by Gasteiger charge is -2.16. The maximum absolute atomic E-state index is 5.33. The second kappa shape index (κ2) is 10.8. The molecular formula is C36H36Br2N2. The summed E-state index contributed by atoms with van der Waals surface area (Å²) in [4.78, 5) is 9.15. The molecule has 5 rings (SSSR count). The SMILES string of the molecule is Cc1cc(C)c(C2=N/C(=C(\c3cc(Br)c(-c4c(C)cc(C)cc4C)[nH]3)c3c(C)cc(C)cc3C)C=C2Br)c(C)c1. The van der Waals surface area contributed by atoms with Crippen molar-refractivity contribution in [3.8, 4) is 11.3 Å². The highest BCUT2D eigenvalue weighted by Crippen LogP contribution is 2.42. The largest absolute Gasteiger partial charge is 0.353 e. The summed E-state index contributed by atoms with van der Waals surface area (Å²) in [5, 5.41) is 0. The van der Waals surface area contributed by atoms with Crippen LogP contribution >= 0.6 is 31.9 Å². The minimum Gasteiger partial charge on any atom is -0.353 e. The van der Waals surface area contributed by atoms with Gasteiger partial charge in [-0.05, 0) is 145 Å². The molecule has 0 saturated carbocycles. The third-order valence-electron chi connectivity index (χ3n) is 7.78. The highest BCUT2D eigenvalue weighted by molar-refractivity contribution is 9.12. The van der Waals surface area contributed by atoms with Crippen LogP contribution in [0.5, 0.6) is 0 Å². The Balaban J connectivity index is 1.81. The predicted molar refractivity (Wildman–Crippen MR) is 179 cm³/mol. The summed E-state index contributed by atoms with van der Waals surface area (Å²) in [6.07, 6.45) is 2.18. The molecule has 0 fully saturated rings. The topological polar surface area (TPSA) is 28.1 Å². The van der Waals surface area contributed by atoms with Crippen LogP contribution in [0.4, 0.5) is 0 Å². The molecule has 0 radical (unpaired) electrons. The number of hydrogen-bond donors (Lipinski definition) is 1. The van der Waals surface area contributed by atoms with E-state index >= 15 is 0 Å². The molecule has 1 aromatic heterocycles. The second-order valence-electron chi connectivity index (χ2n) is 11.4. The number of rotatable bonds is 4. The van der Waals surface area contributed by atoms with Gasteiger partial charge in [-0.1, -0.05) is 53.1 Å². The van der Waals surface area contributed by atoms with Crippen molar-refractivity contribution in [2.24, 2.45) is 4.99 Å². The van der Waals surface area contributed by atoms with E-state index < -0.39 is 0 Å². The highest BCUT2D eigenvalue weighted by Gasteiger charge is 2.25. The van der Waals surface area contributed by atoms with Crippen molar-refractivity contribution in [3.63, 3.8) is 0 Å². The van der Waals surface area contributed by atoms with Gasteiger partial charge in [0, 0.05) is 31.3 Å². The molecule has 40 heavy (non-hydrogen) atoms. The molecule has 0 unspecified atom stereocenters. The van der Waals surface area contributed by atoms with Gasteiger partial charge < -0.3 is 4.98 Å². The monoisotopic (exact) mass is 654 g/mol. The molecule has 0 atom stereocenters. The van der Waals surface area contributed by atoms with Gasteiger partial charge >= 0.3 is 0 Å². The summed E-state index contributed by atoms with van der Waals surface area (Å²) in [6.45, 7) is 19.6. The van der Waals surface area contributed by atoms with E-state index in [1.807, 2.05) is 0 Å². The fraction of sp³-hybridized carbons (Fsp3) is 0.250. The zero-order valence-corrected chi connectivity index (χ0v) is 28.0. The van der Waals surface area contributed by atoms with Crippen molar-refractivity contribution in [1.29, 1.82) is 0 Å². The smallest absolute Gasteiger partial charge is 0.0857 e. The van der Waals surface area contributed by atoms with Crippen LogP contribution in [0.1, 0.15) is 66.9 Å². The number of allylic oxidation sites excluding steroid dienone is 2. The number of benzene rings is 3. The third kappa shape index (κ3) is 5.12. The standard InChI is InChI=1S/C36H36Br2N2/c1-18-10-21(4)31(22(5)11-18)34(29-16-27(37)35(39-29)32-23(6)12-19(2)13-24(32)7)30-17-28(38)36(40-30)33-25(8)14-20(3)15-26(33)9/h10-17,39H,1-9H3/b34-30+. The fourth-order valence-electron chi connectivity index (χ4n) is 6.55. The molecular weight excluding hydrogens is 620 g/mol. The maximum Gasteiger partial charge on any atom is 0.0857 e. The van der Waals surface area contributed by atoms with E-state index in [-0.39, 0.29) is 0 Å². The van der Waals surface area contributed by atoms with Gasteiger partial charge in [-0.25, -0.2) is 4.99 Å². The van der Waals surface area contributed by atoms with Crippen LogP contribution in [-0.2, 0) is 0 Å². The Bertz CT molecular complexity index is 1720. The Labute approximate surface area is 255 Å². The Kier molecular flexibility index (Phi) is 7.71. The first-order valence-electron chi connectivity index (χ1n) is 13.7. The van der Waals surface area contributed by atoms with Crippen LogP contribution in [0.2, 0.25) is 0 Å². The number of nitrogens with zero attached hydrogens (tertiary/aromatic N) is 1. The van der Waals surface area contributed by atoms with Crippen molar-refractivity contribution < 1.29 is 0 Å². The zero-order valence-electron chi connectivity index (χ0n) is 24.8. The second-order valence-corrected chi connectivity index (χ2v) is 13.1. The van der Waals surface area contributed by atoms with Crippen LogP contribution in [-0.4, -0.2) is 10.7 Å². The Morgan fingerprint density at radius 3 is 1.55 bits per heavy atom. The van der Waals surface area contributed by atoms with E-state index in [0.29, 0.717) is 0 Å². The minimum absolute atomic E-state index is 0.953. The lowest BCUT2D eigenvalue weighted by molar-refractivity contribution is 1.24. The summed E-state index contributed by atoms with van der Waals surface area (Å²) in [6, 6.07) is 15.7. The van der Waals surface area contributed by atoms with Crippen molar-refractivity contribution in [1.82, 2.24) is 4.98 Å². The Morgan fingerprint density at radius 2 is 1.05 bits per heavy atom. The van der Waals surface area contributed by atoms with Crippen LogP contribution in [0.25, 0.3) is 16.8 Å². The fourth-order valence-corrected chi connectivity index (χ4v) is 7.58. The van der Waals surface area contributed by atoms with Gasteiger partial charge in [-0.3, -0.25) is 0 Å². The summed E-state index contributed by atoms with van der Waals surface area (Å²) >= 11 is 7.80. The van der Waals surface area contributed by atoms with E-state index in [1.165, 1.54) is 66.8 Å². The molecule has 0 bridgehead atoms. The normalized spacial score (nSPS) is 14.5.